The highest BCUT2D eigenvalue weighted by Crippen LogP contribution is 2.22. The minimum Gasteiger partial charge on any atom is -0.382 e. The van der Waals surface area contributed by atoms with Gasteiger partial charge in [0.05, 0.1) is 23.1 Å². The number of fused-ring (bicyclic) bond motifs is 1. The van der Waals surface area contributed by atoms with Gasteiger partial charge in [-0.05, 0) is 48.5 Å². The van der Waals surface area contributed by atoms with Crippen molar-refractivity contribution in [1.82, 2.24) is 19.5 Å². The second kappa shape index (κ2) is 8.98. The van der Waals surface area contributed by atoms with Gasteiger partial charge < -0.3 is 14.9 Å². The molecular formula is C19H19ClFN5O5S. The van der Waals surface area contributed by atoms with Crippen molar-refractivity contribution >= 4 is 44.3 Å². The van der Waals surface area contributed by atoms with Crippen LogP contribution in [0.2, 0.25) is 5.02 Å². The zero-order valence-corrected chi connectivity index (χ0v) is 18.4. The number of anilines is 1. The maximum atomic E-state index is 13.3. The number of nitrogens with one attached hydrogen (secondary N) is 1. The van der Waals surface area contributed by atoms with Crippen LogP contribution in [0.15, 0.2) is 41.3 Å². The van der Waals surface area contributed by atoms with Crippen LogP contribution in [0.5, 0.6) is 0 Å². The molecule has 1 aliphatic heterocycles. The summed E-state index contributed by atoms with van der Waals surface area (Å²) in [6, 6.07) is 8.12. The van der Waals surface area contributed by atoms with Gasteiger partial charge in [-0.2, -0.15) is 4.31 Å². The summed E-state index contributed by atoms with van der Waals surface area (Å²) in [6.07, 6.45) is -1.04. The predicted octanol–water partition coefficient (Wildman–Crippen LogP) is 1.70. The van der Waals surface area contributed by atoms with Crippen molar-refractivity contribution in [2.75, 3.05) is 31.6 Å². The lowest BCUT2D eigenvalue weighted by Crippen LogP contribution is -2.40. The number of carbonyl (C=O) groups is 1. The third kappa shape index (κ3) is 4.53. The van der Waals surface area contributed by atoms with Crippen LogP contribution in [0.3, 0.4) is 0 Å². The Balaban J connectivity index is 1.53. The topological polar surface area (TPSA) is 116 Å². The summed E-state index contributed by atoms with van der Waals surface area (Å²) in [5, 5.41) is 10.2. The zero-order valence-electron chi connectivity index (χ0n) is 16.9. The standard InChI is InChI=1S/C19H19ClFN5O5S/c1-12(19(27)22-13-2-4-16(21)15(20)10-13)31-26-18-11-14(3-5-17(18)23-24-26)32(28,29)25-6-8-30-9-7-25/h2-5,10-12H,6-9H2,1H3,(H,22,27). The molecule has 1 aromatic heterocycles. The first-order chi connectivity index (χ1) is 15.3. The largest absolute Gasteiger partial charge is 0.382 e. The molecule has 32 heavy (non-hydrogen) atoms. The van der Waals surface area contributed by atoms with Crippen molar-refractivity contribution in [3.05, 3.63) is 47.2 Å². The molecule has 0 aliphatic carbocycles. The Morgan fingerprint density at radius 2 is 2.00 bits per heavy atom. The van der Waals surface area contributed by atoms with E-state index in [9.17, 15) is 17.6 Å². The number of hydrogen-bond donors (Lipinski definition) is 1. The van der Waals surface area contributed by atoms with E-state index in [0.29, 0.717) is 24.4 Å². The zero-order chi connectivity index (χ0) is 22.9. The van der Waals surface area contributed by atoms with Gasteiger partial charge in [0.2, 0.25) is 16.1 Å². The van der Waals surface area contributed by atoms with E-state index < -0.39 is 27.9 Å². The molecule has 0 radical (unpaired) electrons. The summed E-state index contributed by atoms with van der Waals surface area (Å²) in [4.78, 5) is 19.1. The number of hydrogen-bond acceptors (Lipinski definition) is 7. The monoisotopic (exact) mass is 483 g/mol. The lowest BCUT2D eigenvalue weighted by atomic mass is 10.3. The van der Waals surface area contributed by atoms with Gasteiger partial charge in [0.1, 0.15) is 16.9 Å². The number of sulfonamides is 1. The van der Waals surface area contributed by atoms with Crippen LogP contribution in [0, 0.1) is 5.82 Å². The average molecular weight is 484 g/mol. The van der Waals surface area contributed by atoms with E-state index in [1.54, 1.807) is 0 Å². The van der Waals surface area contributed by atoms with Gasteiger partial charge in [0, 0.05) is 18.8 Å². The SMILES string of the molecule is CC(On1nnc2ccc(S(=O)(=O)N3CCOCC3)cc21)C(=O)Nc1ccc(F)c(Cl)c1. The fraction of sp³-hybridized carbons (Fsp3) is 0.316. The Kier molecular flexibility index (Phi) is 6.29. The average Bonchev–Trinajstić information content (AvgIpc) is 3.19. The summed E-state index contributed by atoms with van der Waals surface area (Å²) >= 11 is 5.73. The van der Waals surface area contributed by atoms with Crippen LogP contribution in [0.1, 0.15) is 6.92 Å². The van der Waals surface area contributed by atoms with Crippen molar-refractivity contribution in [2.24, 2.45) is 0 Å². The summed E-state index contributed by atoms with van der Waals surface area (Å²) in [7, 11) is -3.73. The van der Waals surface area contributed by atoms with Gasteiger partial charge in [-0.25, -0.2) is 12.8 Å². The lowest BCUT2D eigenvalue weighted by Gasteiger charge is -2.26. The molecule has 0 saturated carbocycles. The van der Waals surface area contributed by atoms with E-state index >= 15 is 0 Å². The first-order valence-corrected chi connectivity index (χ1v) is 11.4. The van der Waals surface area contributed by atoms with Crippen molar-refractivity contribution in [2.45, 2.75) is 17.9 Å². The maximum absolute atomic E-state index is 13.3. The number of amides is 1. The van der Waals surface area contributed by atoms with Crippen LogP contribution in [-0.4, -0.2) is 66.2 Å². The highest BCUT2D eigenvalue weighted by atomic mass is 35.5. The second-order valence-corrected chi connectivity index (χ2v) is 9.34. The predicted molar refractivity (Wildman–Crippen MR) is 113 cm³/mol. The third-order valence-corrected chi connectivity index (χ3v) is 6.99. The van der Waals surface area contributed by atoms with E-state index in [0.717, 1.165) is 10.9 Å². The van der Waals surface area contributed by atoms with Gasteiger partial charge in [0.15, 0.2) is 0 Å². The number of benzene rings is 2. The normalized spacial score (nSPS) is 16.1. The quantitative estimate of drug-likeness (QED) is 0.567. The molecule has 0 bridgehead atoms. The van der Waals surface area contributed by atoms with E-state index in [4.69, 9.17) is 21.2 Å². The number of aromatic nitrogens is 3. The first kappa shape index (κ1) is 22.4. The van der Waals surface area contributed by atoms with Crippen molar-refractivity contribution in [3.8, 4) is 0 Å². The number of ether oxygens (including phenoxy) is 1. The number of nitrogens with zero attached hydrogens (tertiary/aromatic N) is 4. The fourth-order valence-corrected chi connectivity index (χ4v) is 4.68. The first-order valence-electron chi connectivity index (χ1n) is 9.62. The van der Waals surface area contributed by atoms with E-state index in [1.807, 2.05) is 0 Å². The number of rotatable bonds is 6. The second-order valence-electron chi connectivity index (χ2n) is 7.00. The molecule has 1 fully saturated rings. The molecule has 1 amide bonds. The van der Waals surface area contributed by atoms with E-state index in [2.05, 4.69) is 15.6 Å². The number of halogens is 2. The molecule has 170 valence electrons. The van der Waals surface area contributed by atoms with Crippen LogP contribution < -0.4 is 10.2 Å². The summed E-state index contributed by atoms with van der Waals surface area (Å²) in [5.74, 6) is -1.15. The fourth-order valence-electron chi connectivity index (χ4n) is 3.07. The summed E-state index contributed by atoms with van der Waals surface area (Å²) < 4.78 is 45.7. The molecular weight excluding hydrogens is 465 g/mol. The maximum Gasteiger partial charge on any atom is 0.267 e. The molecule has 1 N–H and O–H groups in total. The van der Waals surface area contributed by atoms with Gasteiger partial charge in [-0.1, -0.05) is 16.4 Å². The van der Waals surface area contributed by atoms with Crippen LogP contribution >= 0.6 is 11.6 Å². The van der Waals surface area contributed by atoms with Crippen molar-refractivity contribution in [1.29, 1.82) is 0 Å². The third-order valence-electron chi connectivity index (χ3n) is 4.81. The van der Waals surface area contributed by atoms with E-state index in [-0.39, 0.29) is 28.5 Å². The van der Waals surface area contributed by atoms with Gasteiger partial charge >= 0.3 is 0 Å². The minimum absolute atomic E-state index is 0.0529. The molecule has 1 atom stereocenters. The molecule has 4 rings (SSSR count). The Bertz CT molecular complexity index is 1260. The molecule has 3 aromatic rings. The van der Waals surface area contributed by atoms with Crippen LogP contribution in [0.25, 0.3) is 11.0 Å². The Hall–Kier alpha value is -2.80. The van der Waals surface area contributed by atoms with Gasteiger partial charge in [-0.15, -0.1) is 5.10 Å². The van der Waals surface area contributed by atoms with Crippen molar-refractivity contribution in [3.63, 3.8) is 0 Å². The highest BCUT2D eigenvalue weighted by Gasteiger charge is 2.27. The van der Waals surface area contributed by atoms with E-state index in [1.165, 1.54) is 41.6 Å². The summed E-state index contributed by atoms with van der Waals surface area (Å²) in [5.41, 5.74) is 0.965. The molecule has 1 unspecified atom stereocenters. The van der Waals surface area contributed by atoms with Crippen molar-refractivity contribution < 1.29 is 27.2 Å². The number of carbonyl (C=O) groups excluding carboxylic acids is 1. The molecule has 2 heterocycles. The van der Waals surface area contributed by atoms with Gasteiger partial charge in [0.25, 0.3) is 5.91 Å². The van der Waals surface area contributed by atoms with Gasteiger partial charge in [-0.3, -0.25) is 4.79 Å². The van der Waals surface area contributed by atoms with Crippen LogP contribution in [-0.2, 0) is 19.6 Å². The Morgan fingerprint density at radius 3 is 2.72 bits per heavy atom. The highest BCUT2D eigenvalue weighted by molar-refractivity contribution is 7.89. The lowest BCUT2D eigenvalue weighted by molar-refractivity contribution is -0.127. The summed E-state index contributed by atoms with van der Waals surface area (Å²) in [6.45, 7) is 2.66. The molecule has 13 heteroatoms. The Labute approximate surface area is 187 Å². The molecule has 0 spiro atoms. The molecule has 1 saturated heterocycles. The molecule has 1 aliphatic rings. The Morgan fingerprint density at radius 1 is 1.25 bits per heavy atom. The van der Waals surface area contributed by atoms with Crippen LogP contribution in [0.4, 0.5) is 10.1 Å². The smallest absolute Gasteiger partial charge is 0.267 e. The molecule has 10 nitrogen and oxygen atoms in total. The molecule has 2 aromatic carbocycles. The minimum atomic E-state index is -3.73. The number of morpholine rings is 1.